The van der Waals surface area contributed by atoms with Gasteiger partial charge in [0.25, 0.3) is 0 Å². The Kier molecular flexibility index (Phi) is 6.18. The van der Waals surface area contributed by atoms with Crippen molar-refractivity contribution in [1.82, 2.24) is 5.32 Å². The Labute approximate surface area is 119 Å². The number of primary amides is 1. The molecule has 5 nitrogen and oxygen atoms in total. The highest BCUT2D eigenvalue weighted by Gasteiger charge is 2.10. The number of rotatable bonds is 7. The summed E-state index contributed by atoms with van der Waals surface area (Å²) in [5.74, 6) is -0.542. The summed E-state index contributed by atoms with van der Waals surface area (Å²) >= 11 is 0. The zero-order valence-electron chi connectivity index (χ0n) is 12.3. The van der Waals surface area contributed by atoms with Gasteiger partial charge >= 0.3 is 0 Å². The summed E-state index contributed by atoms with van der Waals surface area (Å²) in [6, 6.07) is 5.56. The summed E-state index contributed by atoms with van der Waals surface area (Å²) in [4.78, 5) is 23.1. The van der Waals surface area contributed by atoms with Crippen LogP contribution in [-0.4, -0.2) is 24.4 Å². The Hall–Kier alpha value is -1.88. The van der Waals surface area contributed by atoms with Gasteiger partial charge in [-0.25, -0.2) is 0 Å². The van der Waals surface area contributed by atoms with E-state index in [2.05, 4.69) is 24.5 Å². The van der Waals surface area contributed by atoms with Gasteiger partial charge < -0.3 is 16.4 Å². The first-order valence-electron chi connectivity index (χ1n) is 6.84. The number of benzene rings is 1. The molecule has 0 atom stereocenters. The zero-order chi connectivity index (χ0) is 15.1. The summed E-state index contributed by atoms with van der Waals surface area (Å²) < 4.78 is 0. The van der Waals surface area contributed by atoms with Gasteiger partial charge in [0.2, 0.25) is 11.8 Å². The molecular formula is C15H23N3O2. The maximum Gasteiger partial charge on any atom is 0.249 e. The SMILES string of the molecule is Cc1c(NC(=O)CCCNC(C)C)cccc1C(N)=O. The van der Waals surface area contributed by atoms with E-state index in [4.69, 9.17) is 5.73 Å². The topological polar surface area (TPSA) is 84.2 Å². The Bertz CT molecular complexity index is 484. The number of hydrogen-bond donors (Lipinski definition) is 3. The maximum atomic E-state index is 11.8. The smallest absolute Gasteiger partial charge is 0.249 e. The monoisotopic (exact) mass is 277 g/mol. The van der Waals surface area contributed by atoms with Gasteiger partial charge in [0.15, 0.2) is 0 Å². The van der Waals surface area contributed by atoms with Crippen molar-refractivity contribution < 1.29 is 9.59 Å². The lowest BCUT2D eigenvalue weighted by atomic mass is 10.1. The lowest BCUT2D eigenvalue weighted by Crippen LogP contribution is -2.25. The number of nitrogens with two attached hydrogens (primary N) is 1. The minimum absolute atomic E-state index is 0.0553. The van der Waals surface area contributed by atoms with E-state index < -0.39 is 5.91 Å². The highest BCUT2D eigenvalue weighted by molar-refractivity contribution is 5.98. The van der Waals surface area contributed by atoms with Crippen molar-refractivity contribution in [3.63, 3.8) is 0 Å². The van der Waals surface area contributed by atoms with Gasteiger partial charge in [-0.15, -0.1) is 0 Å². The van der Waals surface area contributed by atoms with E-state index in [0.717, 1.165) is 13.0 Å². The molecule has 0 saturated heterocycles. The van der Waals surface area contributed by atoms with Crippen LogP contribution in [0.5, 0.6) is 0 Å². The molecule has 0 aliphatic rings. The van der Waals surface area contributed by atoms with Gasteiger partial charge in [0, 0.05) is 23.7 Å². The van der Waals surface area contributed by atoms with Crippen molar-refractivity contribution in [2.75, 3.05) is 11.9 Å². The number of carbonyl (C=O) groups is 2. The Balaban J connectivity index is 2.54. The van der Waals surface area contributed by atoms with E-state index in [1.165, 1.54) is 0 Å². The van der Waals surface area contributed by atoms with E-state index in [1.54, 1.807) is 25.1 Å². The van der Waals surface area contributed by atoms with Gasteiger partial charge in [-0.3, -0.25) is 9.59 Å². The second-order valence-corrected chi connectivity index (χ2v) is 5.10. The molecule has 5 heteroatoms. The molecule has 0 spiro atoms. The number of carbonyl (C=O) groups excluding carboxylic acids is 2. The highest BCUT2D eigenvalue weighted by Crippen LogP contribution is 2.18. The van der Waals surface area contributed by atoms with E-state index in [1.807, 2.05) is 0 Å². The Morgan fingerprint density at radius 3 is 2.60 bits per heavy atom. The van der Waals surface area contributed by atoms with Crippen molar-refractivity contribution in [2.24, 2.45) is 5.73 Å². The average Bonchev–Trinajstić information content (AvgIpc) is 2.36. The number of amides is 2. The molecule has 0 radical (unpaired) electrons. The molecule has 0 saturated carbocycles. The molecule has 110 valence electrons. The second-order valence-electron chi connectivity index (χ2n) is 5.10. The van der Waals surface area contributed by atoms with Gasteiger partial charge in [0.1, 0.15) is 0 Å². The van der Waals surface area contributed by atoms with Crippen molar-refractivity contribution in [2.45, 2.75) is 39.7 Å². The Morgan fingerprint density at radius 2 is 2.00 bits per heavy atom. The highest BCUT2D eigenvalue weighted by atomic mass is 16.2. The van der Waals surface area contributed by atoms with Crippen LogP contribution in [-0.2, 0) is 4.79 Å². The molecule has 20 heavy (non-hydrogen) atoms. The number of anilines is 1. The maximum absolute atomic E-state index is 11.8. The van der Waals surface area contributed by atoms with Crippen LogP contribution >= 0.6 is 0 Å². The zero-order valence-corrected chi connectivity index (χ0v) is 12.3. The molecule has 0 aliphatic carbocycles. The second kappa shape index (κ2) is 7.65. The molecule has 0 bridgehead atoms. The van der Waals surface area contributed by atoms with Crippen LogP contribution < -0.4 is 16.4 Å². The van der Waals surface area contributed by atoms with E-state index in [0.29, 0.717) is 29.3 Å². The first-order valence-corrected chi connectivity index (χ1v) is 6.84. The predicted octanol–water partition coefficient (Wildman–Crippen LogP) is 1.81. The van der Waals surface area contributed by atoms with Crippen LogP contribution in [0.1, 0.15) is 42.6 Å². The molecule has 0 unspecified atom stereocenters. The van der Waals surface area contributed by atoms with E-state index in [9.17, 15) is 9.59 Å². The summed E-state index contributed by atoms with van der Waals surface area (Å²) in [7, 11) is 0. The molecular weight excluding hydrogens is 254 g/mol. The van der Waals surface area contributed by atoms with E-state index >= 15 is 0 Å². The lowest BCUT2D eigenvalue weighted by Gasteiger charge is -2.11. The largest absolute Gasteiger partial charge is 0.366 e. The molecule has 1 aromatic carbocycles. The molecule has 4 N–H and O–H groups in total. The van der Waals surface area contributed by atoms with Gasteiger partial charge in [-0.05, 0) is 37.6 Å². The van der Waals surface area contributed by atoms with Crippen LogP contribution in [0.2, 0.25) is 0 Å². The van der Waals surface area contributed by atoms with Crippen molar-refractivity contribution >= 4 is 17.5 Å². The number of hydrogen-bond acceptors (Lipinski definition) is 3. The van der Waals surface area contributed by atoms with Crippen molar-refractivity contribution in [3.05, 3.63) is 29.3 Å². The third-order valence-electron chi connectivity index (χ3n) is 3.01. The minimum atomic E-state index is -0.486. The average molecular weight is 277 g/mol. The summed E-state index contributed by atoms with van der Waals surface area (Å²) in [5.41, 5.74) is 7.06. The normalized spacial score (nSPS) is 10.6. The van der Waals surface area contributed by atoms with Crippen molar-refractivity contribution in [1.29, 1.82) is 0 Å². The minimum Gasteiger partial charge on any atom is -0.366 e. The summed E-state index contributed by atoms with van der Waals surface area (Å²) in [6.45, 7) is 6.72. The molecule has 0 aliphatic heterocycles. The van der Waals surface area contributed by atoms with Crippen LogP contribution in [0.4, 0.5) is 5.69 Å². The van der Waals surface area contributed by atoms with Gasteiger partial charge in [0.05, 0.1) is 0 Å². The fourth-order valence-electron chi connectivity index (χ4n) is 1.89. The first-order chi connectivity index (χ1) is 9.41. The molecule has 0 heterocycles. The number of nitrogens with one attached hydrogen (secondary N) is 2. The van der Waals surface area contributed by atoms with E-state index in [-0.39, 0.29) is 5.91 Å². The molecule has 0 fully saturated rings. The molecule has 1 aromatic rings. The fourth-order valence-corrected chi connectivity index (χ4v) is 1.89. The lowest BCUT2D eigenvalue weighted by molar-refractivity contribution is -0.116. The molecule has 0 aromatic heterocycles. The van der Waals surface area contributed by atoms with Crippen molar-refractivity contribution in [3.8, 4) is 0 Å². The summed E-state index contributed by atoms with van der Waals surface area (Å²) in [5, 5.41) is 6.08. The van der Waals surface area contributed by atoms with Gasteiger partial charge in [-0.2, -0.15) is 0 Å². The van der Waals surface area contributed by atoms with Gasteiger partial charge in [-0.1, -0.05) is 19.9 Å². The third kappa shape index (κ3) is 5.01. The predicted molar refractivity (Wildman–Crippen MR) is 80.7 cm³/mol. The van der Waals surface area contributed by atoms with Crippen LogP contribution in [0.15, 0.2) is 18.2 Å². The molecule has 2 amide bonds. The fraction of sp³-hybridized carbons (Fsp3) is 0.467. The van der Waals surface area contributed by atoms with Crippen LogP contribution in [0, 0.1) is 6.92 Å². The standard InChI is InChI=1S/C15H23N3O2/c1-10(2)17-9-5-8-14(19)18-13-7-4-6-12(11(13)3)15(16)20/h4,6-7,10,17H,5,8-9H2,1-3H3,(H2,16,20)(H,18,19). The third-order valence-corrected chi connectivity index (χ3v) is 3.01. The summed E-state index contributed by atoms with van der Waals surface area (Å²) in [6.07, 6.45) is 1.22. The molecule has 1 rings (SSSR count). The first kappa shape index (κ1) is 16.2. The van der Waals surface area contributed by atoms with Crippen LogP contribution in [0.3, 0.4) is 0 Å². The Morgan fingerprint density at radius 1 is 1.30 bits per heavy atom. The van der Waals surface area contributed by atoms with Crippen LogP contribution in [0.25, 0.3) is 0 Å². The quantitative estimate of drug-likeness (QED) is 0.665.